The summed E-state index contributed by atoms with van der Waals surface area (Å²) in [5.74, 6) is 0.465. The minimum Gasteiger partial charge on any atom is -0.383 e. The fourth-order valence-electron chi connectivity index (χ4n) is 1.86. The zero-order chi connectivity index (χ0) is 14.7. The zero-order valence-corrected chi connectivity index (χ0v) is 11.8. The van der Waals surface area contributed by atoms with Crippen LogP contribution >= 0.6 is 0 Å². The van der Waals surface area contributed by atoms with Crippen molar-refractivity contribution in [2.45, 2.75) is 26.8 Å². The van der Waals surface area contributed by atoms with Crippen molar-refractivity contribution in [2.24, 2.45) is 0 Å². The number of anilines is 1. The highest BCUT2D eigenvalue weighted by molar-refractivity contribution is 5.98. The van der Waals surface area contributed by atoms with Gasteiger partial charge in [0.25, 0.3) is 5.91 Å². The van der Waals surface area contributed by atoms with Crippen LogP contribution in [0.2, 0.25) is 0 Å². The maximum atomic E-state index is 11.9. The fraction of sp³-hybridized carbons (Fsp3) is 0.267. The van der Waals surface area contributed by atoms with Crippen molar-refractivity contribution in [1.82, 2.24) is 15.3 Å². The SMILES string of the molecule is Cc1ccccc1-c1ncc(C(=O)NC(C)C)c(N)n1. The van der Waals surface area contributed by atoms with E-state index in [9.17, 15) is 4.79 Å². The summed E-state index contributed by atoms with van der Waals surface area (Å²) in [6.45, 7) is 5.75. The Morgan fingerprint density at radius 1 is 1.30 bits per heavy atom. The molecule has 0 saturated heterocycles. The van der Waals surface area contributed by atoms with Gasteiger partial charge >= 0.3 is 0 Å². The van der Waals surface area contributed by atoms with Crippen LogP contribution in [0.15, 0.2) is 30.5 Å². The zero-order valence-electron chi connectivity index (χ0n) is 11.8. The first-order valence-electron chi connectivity index (χ1n) is 6.48. The highest BCUT2D eigenvalue weighted by Crippen LogP contribution is 2.21. The molecule has 1 aromatic carbocycles. The van der Waals surface area contributed by atoms with Gasteiger partial charge < -0.3 is 11.1 Å². The predicted molar refractivity (Wildman–Crippen MR) is 79.2 cm³/mol. The highest BCUT2D eigenvalue weighted by Gasteiger charge is 2.14. The number of aryl methyl sites for hydroxylation is 1. The number of carbonyl (C=O) groups is 1. The number of hydrogen-bond acceptors (Lipinski definition) is 4. The van der Waals surface area contributed by atoms with E-state index < -0.39 is 0 Å². The molecule has 0 radical (unpaired) electrons. The number of benzene rings is 1. The van der Waals surface area contributed by atoms with Gasteiger partial charge in [0, 0.05) is 17.8 Å². The van der Waals surface area contributed by atoms with Gasteiger partial charge in [0.2, 0.25) is 0 Å². The van der Waals surface area contributed by atoms with Crippen LogP contribution < -0.4 is 11.1 Å². The van der Waals surface area contributed by atoms with E-state index in [1.54, 1.807) is 0 Å². The number of nitrogens with two attached hydrogens (primary N) is 1. The van der Waals surface area contributed by atoms with Crippen molar-refractivity contribution in [3.8, 4) is 11.4 Å². The molecule has 3 N–H and O–H groups in total. The van der Waals surface area contributed by atoms with Gasteiger partial charge in [-0.3, -0.25) is 4.79 Å². The number of nitrogen functional groups attached to an aromatic ring is 1. The van der Waals surface area contributed by atoms with Crippen LogP contribution in [0.1, 0.15) is 29.8 Å². The van der Waals surface area contributed by atoms with E-state index in [1.807, 2.05) is 45.0 Å². The van der Waals surface area contributed by atoms with Crippen molar-refractivity contribution >= 4 is 11.7 Å². The third-order valence-corrected chi connectivity index (χ3v) is 2.87. The van der Waals surface area contributed by atoms with Crippen LogP contribution in [0.3, 0.4) is 0 Å². The molecule has 5 nitrogen and oxygen atoms in total. The summed E-state index contributed by atoms with van der Waals surface area (Å²) in [6.07, 6.45) is 1.47. The summed E-state index contributed by atoms with van der Waals surface area (Å²) in [7, 11) is 0. The lowest BCUT2D eigenvalue weighted by atomic mass is 10.1. The van der Waals surface area contributed by atoms with Crippen LogP contribution in [-0.4, -0.2) is 21.9 Å². The van der Waals surface area contributed by atoms with Gasteiger partial charge in [-0.1, -0.05) is 24.3 Å². The van der Waals surface area contributed by atoms with Crippen LogP contribution in [0, 0.1) is 6.92 Å². The Hall–Kier alpha value is -2.43. The minimum atomic E-state index is -0.256. The monoisotopic (exact) mass is 270 g/mol. The largest absolute Gasteiger partial charge is 0.383 e. The van der Waals surface area contributed by atoms with Crippen molar-refractivity contribution in [3.63, 3.8) is 0 Å². The Balaban J connectivity index is 2.36. The number of carbonyl (C=O) groups excluding carboxylic acids is 1. The lowest BCUT2D eigenvalue weighted by Crippen LogP contribution is -2.31. The molecular weight excluding hydrogens is 252 g/mol. The van der Waals surface area contributed by atoms with Crippen molar-refractivity contribution in [1.29, 1.82) is 0 Å². The second-order valence-corrected chi connectivity index (χ2v) is 4.94. The average Bonchev–Trinajstić information content (AvgIpc) is 2.38. The molecular formula is C15H18N4O. The molecule has 20 heavy (non-hydrogen) atoms. The van der Waals surface area contributed by atoms with E-state index >= 15 is 0 Å². The summed E-state index contributed by atoms with van der Waals surface area (Å²) >= 11 is 0. The molecule has 0 unspecified atom stereocenters. The van der Waals surface area contributed by atoms with Crippen molar-refractivity contribution in [3.05, 3.63) is 41.6 Å². The number of amides is 1. The Kier molecular flexibility index (Phi) is 3.98. The van der Waals surface area contributed by atoms with Gasteiger partial charge in [-0.25, -0.2) is 9.97 Å². The minimum absolute atomic E-state index is 0.0398. The van der Waals surface area contributed by atoms with Crippen LogP contribution in [0.4, 0.5) is 5.82 Å². The van der Waals surface area contributed by atoms with Gasteiger partial charge in [0.15, 0.2) is 5.82 Å². The molecule has 1 amide bonds. The van der Waals surface area contributed by atoms with Crippen molar-refractivity contribution in [2.75, 3.05) is 5.73 Å². The fourth-order valence-corrected chi connectivity index (χ4v) is 1.86. The molecule has 2 aromatic rings. The van der Waals surface area contributed by atoms with Crippen LogP contribution in [-0.2, 0) is 0 Å². The average molecular weight is 270 g/mol. The third kappa shape index (κ3) is 2.93. The molecule has 0 bridgehead atoms. The first-order chi connectivity index (χ1) is 9.49. The lowest BCUT2D eigenvalue weighted by molar-refractivity contribution is 0.0943. The quantitative estimate of drug-likeness (QED) is 0.895. The number of rotatable bonds is 3. The summed E-state index contributed by atoms with van der Waals surface area (Å²) in [5, 5.41) is 2.77. The van der Waals surface area contributed by atoms with E-state index in [1.165, 1.54) is 6.20 Å². The van der Waals surface area contributed by atoms with Gasteiger partial charge in [-0.05, 0) is 26.3 Å². The Labute approximate surface area is 118 Å². The van der Waals surface area contributed by atoms with E-state index in [-0.39, 0.29) is 17.8 Å². The molecule has 0 aliphatic carbocycles. The normalized spacial score (nSPS) is 10.6. The molecule has 0 aliphatic heterocycles. The number of hydrogen-bond donors (Lipinski definition) is 2. The van der Waals surface area contributed by atoms with Gasteiger partial charge in [-0.15, -0.1) is 0 Å². The molecule has 0 saturated carbocycles. The highest BCUT2D eigenvalue weighted by atomic mass is 16.1. The summed E-state index contributed by atoms with van der Waals surface area (Å²) < 4.78 is 0. The van der Waals surface area contributed by atoms with Crippen LogP contribution in [0.25, 0.3) is 11.4 Å². The number of nitrogens with zero attached hydrogens (tertiary/aromatic N) is 2. The predicted octanol–water partition coefficient (Wildman–Crippen LogP) is 2.17. The molecule has 2 rings (SSSR count). The second kappa shape index (κ2) is 5.69. The molecule has 5 heteroatoms. The van der Waals surface area contributed by atoms with Gasteiger partial charge in [0.1, 0.15) is 5.82 Å². The number of aromatic nitrogens is 2. The standard InChI is InChI=1S/C15H18N4O/c1-9(2)18-15(20)12-8-17-14(19-13(12)16)11-7-5-4-6-10(11)3/h4-9H,1-3H3,(H,18,20)(H2,16,17,19). The molecule has 1 aromatic heterocycles. The number of nitrogens with one attached hydrogen (secondary N) is 1. The Bertz CT molecular complexity index is 638. The maximum absolute atomic E-state index is 11.9. The van der Waals surface area contributed by atoms with Crippen molar-refractivity contribution < 1.29 is 4.79 Å². The Morgan fingerprint density at radius 2 is 2.00 bits per heavy atom. The summed E-state index contributed by atoms with van der Waals surface area (Å²) in [5.41, 5.74) is 8.15. The lowest BCUT2D eigenvalue weighted by Gasteiger charge is -2.10. The topological polar surface area (TPSA) is 80.9 Å². The van der Waals surface area contributed by atoms with Crippen LogP contribution in [0.5, 0.6) is 0 Å². The first-order valence-corrected chi connectivity index (χ1v) is 6.48. The van der Waals surface area contributed by atoms with E-state index in [0.29, 0.717) is 11.4 Å². The molecule has 0 aliphatic rings. The van der Waals surface area contributed by atoms with E-state index in [2.05, 4.69) is 15.3 Å². The Morgan fingerprint density at radius 3 is 2.60 bits per heavy atom. The van der Waals surface area contributed by atoms with Gasteiger partial charge in [-0.2, -0.15) is 0 Å². The summed E-state index contributed by atoms with van der Waals surface area (Å²) in [4.78, 5) is 20.4. The summed E-state index contributed by atoms with van der Waals surface area (Å²) in [6, 6.07) is 7.82. The molecule has 0 fully saturated rings. The molecule has 1 heterocycles. The molecule has 0 atom stereocenters. The first kappa shape index (κ1) is 14.0. The van der Waals surface area contributed by atoms with Gasteiger partial charge in [0.05, 0.1) is 5.56 Å². The molecule has 0 spiro atoms. The third-order valence-electron chi connectivity index (χ3n) is 2.87. The van der Waals surface area contributed by atoms with E-state index in [4.69, 9.17) is 5.73 Å². The smallest absolute Gasteiger partial charge is 0.256 e. The maximum Gasteiger partial charge on any atom is 0.256 e. The molecule has 104 valence electrons. The van der Waals surface area contributed by atoms with E-state index in [0.717, 1.165) is 11.1 Å². The second-order valence-electron chi connectivity index (χ2n) is 4.94.